The number of benzene rings is 2. The average molecular weight is 322 g/mol. The number of aromatic nitrogens is 2. The first kappa shape index (κ1) is 16.2. The topological polar surface area (TPSA) is 73.1 Å². The Labute approximate surface area is 141 Å². The van der Waals surface area contributed by atoms with E-state index in [0.29, 0.717) is 6.54 Å². The van der Waals surface area contributed by atoms with Gasteiger partial charge >= 0.3 is 0 Å². The van der Waals surface area contributed by atoms with Gasteiger partial charge in [0, 0.05) is 12.1 Å². The largest absolute Gasteiger partial charge is 0.497 e. The number of nitrogens with two attached hydrogens (primary N) is 1. The normalized spacial score (nSPS) is 13.5. The molecule has 0 spiro atoms. The highest BCUT2D eigenvalue weighted by Crippen LogP contribution is 2.17. The van der Waals surface area contributed by atoms with Crippen molar-refractivity contribution in [2.45, 2.75) is 18.9 Å². The summed E-state index contributed by atoms with van der Waals surface area (Å²) < 4.78 is 5.18. The number of rotatable bonds is 6. The van der Waals surface area contributed by atoms with Crippen LogP contribution >= 0.6 is 0 Å². The summed E-state index contributed by atoms with van der Waals surface area (Å²) in [6, 6.07) is 15.8. The van der Waals surface area contributed by atoms with E-state index in [1.165, 1.54) is 5.56 Å². The molecule has 5 heteroatoms. The van der Waals surface area contributed by atoms with Gasteiger partial charge in [-0.2, -0.15) is 0 Å². The molecular weight excluding hydrogens is 300 g/mol. The summed E-state index contributed by atoms with van der Waals surface area (Å²) >= 11 is 0. The summed E-state index contributed by atoms with van der Waals surface area (Å²) in [6.07, 6.45) is 2.50. The molecule has 2 aromatic carbocycles. The van der Waals surface area contributed by atoms with Crippen molar-refractivity contribution in [2.75, 3.05) is 19.0 Å². The lowest BCUT2D eigenvalue weighted by Gasteiger charge is -2.25. The molecule has 1 aromatic heterocycles. The summed E-state index contributed by atoms with van der Waals surface area (Å²) in [5, 5.41) is 3.30. The van der Waals surface area contributed by atoms with Gasteiger partial charge in [0.15, 0.2) is 0 Å². The lowest BCUT2D eigenvalue weighted by Crippen LogP contribution is -2.45. The van der Waals surface area contributed by atoms with Crippen LogP contribution in [0.5, 0.6) is 5.75 Å². The Morgan fingerprint density at radius 3 is 2.50 bits per heavy atom. The first-order valence-corrected chi connectivity index (χ1v) is 7.93. The molecular formula is C19H22N4O. The fourth-order valence-electron chi connectivity index (χ4n) is 2.61. The van der Waals surface area contributed by atoms with Crippen molar-refractivity contribution in [3.05, 3.63) is 60.3 Å². The molecule has 3 N–H and O–H groups in total. The Morgan fingerprint density at radius 1 is 1.08 bits per heavy atom. The van der Waals surface area contributed by atoms with E-state index in [1.807, 2.05) is 55.5 Å². The molecule has 5 nitrogen and oxygen atoms in total. The molecule has 0 saturated carbocycles. The highest BCUT2D eigenvalue weighted by atomic mass is 16.5. The minimum atomic E-state index is -0.401. The molecule has 0 saturated heterocycles. The Balaban J connectivity index is 1.64. The maximum absolute atomic E-state index is 6.44. The van der Waals surface area contributed by atoms with E-state index in [9.17, 15) is 0 Å². The van der Waals surface area contributed by atoms with Gasteiger partial charge in [-0.25, -0.2) is 4.98 Å². The van der Waals surface area contributed by atoms with Crippen molar-refractivity contribution in [1.29, 1.82) is 0 Å². The molecule has 1 atom stereocenters. The van der Waals surface area contributed by atoms with Crippen LogP contribution in [-0.2, 0) is 6.42 Å². The summed E-state index contributed by atoms with van der Waals surface area (Å²) in [5.74, 6) is 1.59. The maximum Gasteiger partial charge on any atom is 0.145 e. The second-order valence-electron chi connectivity index (χ2n) is 6.28. The fraction of sp³-hybridized carbons (Fsp3) is 0.263. The minimum Gasteiger partial charge on any atom is -0.497 e. The predicted octanol–water partition coefficient (Wildman–Crippen LogP) is 3.01. The fourth-order valence-corrected chi connectivity index (χ4v) is 2.61. The highest BCUT2D eigenvalue weighted by Gasteiger charge is 2.19. The van der Waals surface area contributed by atoms with E-state index in [0.717, 1.165) is 29.0 Å². The third kappa shape index (κ3) is 4.00. The van der Waals surface area contributed by atoms with Crippen molar-refractivity contribution < 1.29 is 4.74 Å². The highest BCUT2D eigenvalue weighted by molar-refractivity contribution is 5.75. The summed E-state index contributed by atoms with van der Waals surface area (Å²) in [6.45, 7) is 2.63. The lowest BCUT2D eigenvalue weighted by atomic mass is 9.94. The summed E-state index contributed by atoms with van der Waals surface area (Å²) in [4.78, 5) is 8.97. The molecule has 0 bridgehead atoms. The monoisotopic (exact) mass is 322 g/mol. The van der Waals surface area contributed by atoms with Gasteiger partial charge in [-0.05, 0) is 43.2 Å². The number of nitrogens with zero attached hydrogens (tertiary/aromatic N) is 2. The van der Waals surface area contributed by atoms with Gasteiger partial charge in [-0.1, -0.05) is 24.3 Å². The van der Waals surface area contributed by atoms with Gasteiger partial charge in [0.2, 0.25) is 0 Å². The lowest BCUT2D eigenvalue weighted by molar-refractivity contribution is 0.414. The Hall–Kier alpha value is -2.66. The zero-order chi connectivity index (χ0) is 17.0. The molecule has 0 aliphatic rings. The number of anilines is 1. The van der Waals surface area contributed by atoms with Crippen LogP contribution in [0.25, 0.3) is 11.0 Å². The molecule has 0 amide bonds. The zero-order valence-corrected chi connectivity index (χ0v) is 14.0. The van der Waals surface area contributed by atoms with E-state index >= 15 is 0 Å². The standard InChI is InChI=1S/C19H22N4O/c1-19(20,11-14-7-9-15(24-2)10-8-14)13-22-18-12-21-16-5-3-4-6-17(16)23-18/h3-10,12H,11,13,20H2,1-2H3,(H,22,23)/t19-/m1/s1. The van der Waals surface area contributed by atoms with Crippen molar-refractivity contribution in [3.63, 3.8) is 0 Å². The first-order chi connectivity index (χ1) is 11.6. The number of hydrogen-bond donors (Lipinski definition) is 2. The molecule has 1 heterocycles. The van der Waals surface area contributed by atoms with Crippen LogP contribution in [0.2, 0.25) is 0 Å². The number of para-hydroxylation sites is 2. The molecule has 0 radical (unpaired) electrons. The summed E-state index contributed by atoms with van der Waals surface area (Å²) in [7, 11) is 1.66. The Morgan fingerprint density at radius 2 is 1.79 bits per heavy atom. The first-order valence-electron chi connectivity index (χ1n) is 7.93. The van der Waals surface area contributed by atoms with E-state index in [4.69, 9.17) is 10.5 Å². The second kappa shape index (κ2) is 6.84. The number of nitrogens with one attached hydrogen (secondary N) is 1. The van der Waals surface area contributed by atoms with Crippen molar-refractivity contribution in [2.24, 2.45) is 5.73 Å². The van der Waals surface area contributed by atoms with E-state index < -0.39 is 5.54 Å². The van der Waals surface area contributed by atoms with Crippen LogP contribution in [0.15, 0.2) is 54.7 Å². The van der Waals surface area contributed by atoms with Crippen LogP contribution in [0.4, 0.5) is 5.82 Å². The molecule has 3 aromatic rings. The predicted molar refractivity (Wildman–Crippen MR) is 97.3 cm³/mol. The van der Waals surface area contributed by atoms with Gasteiger partial charge in [-0.15, -0.1) is 0 Å². The molecule has 0 aliphatic carbocycles. The van der Waals surface area contributed by atoms with E-state index in [-0.39, 0.29) is 0 Å². The SMILES string of the molecule is COc1ccc(C[C@@](C)(N)CNc2cnc3ccccc3n2)cc1. The molecule has 24 heavy (non-hydrogen) atoms. The molecule has 0 unspecified atom stereocenters. The molecule has 0 aliphatic heterocycles. The maximum atomic E-state index is 6.44. The van der Waals surface area contributed by atoms with Gasteiger partial charge < -0.3 is 15.8 Å². The van der Waals surface area contributed by atoms with Gasteiger partial charge in [0.1, 0.15) is 11.6 Å². The van der Waals surface area contributed by atoms with Gasteiger partial charge in [0.05, 0.1) is 24.3 Å². The smallest absolute Gasteiger partial charge is 0.145 e. The summed E-state index contributed by atoms with van der Waals surface area (Å²) in [5.41, 5.74) is 8.97. The van der Waals surface area contributed by atoms with Crippen LogP contribution in [-0.4, -0.2) is 29.2 Å². The second-order valence-corrected chi connectivity index (χ2v) is 6.28. The third-order valence-electron chi connectivity index (χ3n) is 3.89. The van der Waals surface area contributed by atoms with Gasteiger partial charge in [-0.3, -0.25) is 4.98 Å². The number of fused-ring (bicyclic) bond motifs is 1. The van der Waals surface area contributed by atoms with Crippen molar-refractivity contribution in [1.82, 2.24) is 9.97 Å². The number of hydrogen-bond acceptors (Lipinski definition) is 5. The third-order valence-corrected chi connectivity index (χ3v) is 3.89. The number of ether oxygens (including phenoxy) is 1. The average Bonchev–Trinajstić information content (AvgIpc) is 2.60. The van der Waals surface area contributed by atoms with Crippen LogP contribution in [0.1, 0.15) is 12.5 Å². The van der Waals surface area contributed by atoms with Crippen molar-refractivity contribution >= 4 is 16.9 Å². The van der Waals surface area contributed by atoms with E-state index in [2.05, 4.69) is 15.3 Å². The Bertz CT molecular complexity index is 815. The van der Waals surface area contributed by atoms with Crippen LogP contribution < -0.4 is 15.8 Å². The number of methoxy groups -OCH3 is 1. The van der Waals surface area contributed by atoms with Crippen LogP contribution in [0.3, 0.4) is 0 Å². The quantitative estimate of drug-likeness (QED) is 0.730. The molecule has 0 fully saturated rings. The van der Waals surface area contributed by atoms with E-state index in [1.54, 1.807) is 13.3 Å². The zero-order valence-electron chi connectivity index (χ0n) is 14.0. The van der Waals surface area contributed by atoms with Gasteiger partial charge in [0.25, 0.3) is 0 Å². The van der Waals surface area contributed by atoms with Crippen molar-refractivity contribution in [3.8, 4) is 5.75 Å². The van der Waals surface area contributed by atoms with Crippen LogP contribution in [0, 0.1) is 0 Å². The molecule has 3 rings (SSSR count). The molecule has 124 valence electrons. The minimum absolute atomic E-state index is 0.401. The Kier molecular flexibility index (Phi) is 4.62.